The minimum absolute atomic E-state index is 0.00796. The Morgan fingerprint density at radius 3 is 2.44 bits per heavy atom. The Balaban J connectivity index is 1.85. The number of hydrogen-bond donors (Lipinski definition) is 1. The number of carbonyl (C=O) groups is 1. The summed E-state index contributed by atoms with van der Waals surface area (Å²) in [6.45, 7) is 4.81. The van der Waals surface area contributed by atoms with Crippen LogP contribution in [0.2, 0.25) is 0 Å². The van der Waals surface area contributed by atoms with Gasteiger partial charge in [-0.3, -0.25) is 9.55 Å². The van der Waals surface area contributed by atoms with Crippen LogP contribution in [0.5, 0.6) is 0 Å². The van der Waals surface area contributed by atoms with E-state index in [0.29, 0.717) is 16.3 Å². The number of fused-ring (bicyclic) bond motifs is 1. The maximum absolute atomic E-state index is 13.8. The van der Waals surface area contributed by atoms with Crippen molar-refractivity contribution in [2.75, 3.05) is 6.26 Å². The summed E-state index contributed by atoms with van der Waals surface area (Å²) in [5.74, 6) is -4.45. The van der Waals surface area contributed by atoms with Gasteiger partial charge in [-0.15, -0.1) is 0 Å². The zero-order chi connectivity index (χ0) is 28.5. The van der Waals surface area contributed by atoms with Crippen molar-refractivity contribution in [1.29, 1.82) is 0 Å². The van der Waals surface area contributed by atoms with Gasteiger partial charge < -0.3 is 10.1 Å². The summed E-state index contributed by atoms with van der Waals surface area (Å²) in [6.07, 6.45) is 3.77. The molecule has 0 saturated heterocycles. The molecule has 0 spiro atoms. The number of nitrogens with one attached hydrogen (secondary N) is 1. The van der Waals surface area contributed by atoms with Gasteiger partial charge in [0.05, 0.1) is 18.4 Å². The number of nitrogens with zero attached hydrogens (tertiary/aromatic N) is 4. The molecule has 2 heterocycles. The third-order valence-corrected chi connectivity index (χ3v) is 6.19. The number of pyridine rings is 1. The molecule has 9 nitrogen and oxygen atoms in total. The lowest BCUT2D eigenvalue weighted by atomic mass is 10.0. The van der Waals surface area contributed by atoms with Crippen LogP contribution in [-0.4, -0.2) is 37.1 Å². The molecular formula is C26H24F3N5O4S. The van der Waals surface area contributed by atoms with E-state index in [1.807, 2.05) is 0 Å². The smallest absolute Gasteiger partial charge is 0.407 e. The molecule has 0 aliphatic carbocycles. The van der Waals surface area contributed by atoms with Gasteiger partial charge in [0.2, 0.25) is 0 Å². The summed E-state index contributed by atoms with van der Waals surface area (Å²) in [5.41, 5.74) is -1.86. The number of ether oxygens (including phenoxy) is 1. The second-order valence-electron chi connectivity index (χ2n) is 9.49. The van der Waals surface area contributed by atoms with Crippen LogP contribution in [0.3, 0.4) is 0 Å². The fourth-order valence-electron chi connectivity index (χ4n) is 3.95. The van der Waals surface area contributed by atoms with Gasteiger partial charge in [0, 0.05) is 23.5 Å². The van der Waals surface area contributed by atoms with E-state index in [2.05, 4.69) is 15.3 Å². The molecule has 1 amide bonds. The molecule has 0 aliphatic rings. The number of rotatable bonds is 6. The lowest BCUT2D eigenvalue weighted by Crippen LogP contribution is -2.42. The van der Waals surface area contributed by atoms with Gasteiger partial charge in [0.25, 0.3) is 0 Å². The lowest BCUT2D eigenvalue weighted by molar-refractivity contribution is 0.0523. The maximum atomic E-state index is 13.8. The summed E-state index contributed by atoms with van der Waals surface area (Å²) in [5, 5.41) is 3.68. The highest BCUT2D eigenvalue weighted by Gasteiger charge is 2.20. The average molecular weight is 560 g/mol. The third kappa shape index (κ3) is 5.98. The number of halogens is 3. The molecule has 0 atom stereocenters. The van der Waals surface area contributed by atoms with Crippen LogP contribution in [0, 0.1) is 17.5 Å². The monoisotopic (exact) mass is 559 g/mol. The first kappa shape index (κ1) is 27.9. The second kappa shape index (κ2) is 10.9. The molecule has 204 valence electrons. The number of alkyl carbamates (subject to hydrolysis) is 1. The number of hydrogen-bond acceptors (Lipinski definition) is 7. The number of thioether (sulfide) groups is 1. The summed E-state index contributed by atoms with van der Waals surface area (Å²) in [7, 11) is 0. The normalized spacial score (nSPS) is 11.6. The molecule has 2 aromatic heterocycles. The predicted octanol–water partition coefficient (Wildman–Crippen LogP) is 4.15. The molecule has 1 N–H and O–H groups in total. The van der Waals surface area contributed by atoms with Gasteiger partial charge in [-0.1, -0.05) is 30.0 Å². The van der Waals surface area contributed by atoms with Gasteiger partial charge in [-0.2, -0.15) is 4.98 Å². The molecule has 0 unspecified atom stereocenters. The second-order valence-corrected chi connectivity index (χ2v) is 10.3. The number of benzene rings is 2. The van der Waals surface area contributed by atoms with E-state index in [1.54, 1.807) is 45.2 Å². The predicted molar refractivity (Wildman–Crippen MR) is 140 cm³/mol. The van der Waals surface area contributed by atoms with Gasteiger partial charge in [-0.05, 0) is 50.3 Å². The minimum atomic E-state index is -1.63. The van der Waals surface area contributed by atoms with Crippen molar-refractivity contribution in [2.45, 2.75) is 44.6 Å². The molecule has 2 aromatic carbocycles. The van der Waals surface area contributed by atoms with Crippen molar-refractivity contribution in [3.8, 4) is 5.69 Å². The van der Waals surface area contributed by atoms with E-state index in [0.717, 1.165) is 33.0 Å². The first-order valence-corrected chi connectivity index (χ1v) is 12.9. The number of aromatic nitrogens is 4. The molecule has 4 aromatic rings. The van der Waals surface area contributed by atoms with Crippen LogP contribution in [0.25, 0.3) is 16.5 Å². The van der Waals surface area contributed by atoms with Crippen molar-refractivity contribution >= 4 is 28.6 Å². The number of amides is 1. The molecule has 0 aliphatic heterocycles. The quantitative estimate of drug-likeness (QED) is 0.279. The Bertz CT molecular complexity index is 1670. The maximum Gasteiger partial charge on any atom is 0.407 e. The Kier molecular flexibility index (Phi) is 7.82. The van der Waals surface area contributed by atoms with E-state index in [4.69, 9.17) is 4.74 Å². The van der Waals surface area contributed by atoms with Crippen LogP contribution < -0.4 is 16.7 Å². The van der Waals surface area contributed by atoms with Crippen molar-refractivity contribution < 1.29 is 22.7 Å². The van der Waals surface area contributed by atoms with Crippen LogP contribution in [0.4, 0.5) is 18.0 Å². The first-order valence-electron chi connectivity index (χ1n) is 11.6. The third-order valence-electron chi connectivity index (χ3n) is 5.52. The van der Waals surface area contributed by atoms with Crippen LogP contribution in [0.15, 0.2) is 57.5 Å². The zero-order valence-corrected chi connectivity index (χ0v) is 22.2. The molecule has 0 fully saturated rings. The average Bonchev–Trinajstić information content (AvgIpc) is 2.86. The van der Waals surface area contributed by atoms with Crippen LogP contribution >= 0.6 is 11.8 Å². The summed E-state index contributed by atoms with van der Waals surface area (Å²) in [4.78, 5) is 47.2. The minimum Gasteiger partial charge on any atom is -0.444 e. The number of carbonyl (C=O) groups excluding carboxylic acids is 1. The highest BCUT2D eigenvalue weighted by Crippen LogP contribution is 2.24. The standard InChI is InChI=1S/C26H24F3N5O4S/c1-26(2,3)38-24(36)31-11-16-7-5-6-15-10-30-12-19(20(15)16)34-22(35)32-23(39-4)33(25(34)37)13-14-8-17(27)21(29)18(28)9-14/h5-10,12H,11,13H2,1-4H3,(H,31,36). The summed E-state index contributed by atoms with van der Waals surface area (Å²) < 4.78 is 48.3. The highest BCUT2D eigenvalue weighted by atomic mass is 32.2. The van der Waals surface area contributed by atoms with Crippen molar-refractivity contribution in [2.24, 2.45) is 0 Å². The summed E-state index contributed by atoms with van der Waals surface area (Å²) >= 11 is 0.981. The van der Waals surface area contributed by atoms with Gasteiger partial charge in [0.15, 0.2) is 22.6 Å². The van der Waals surface area contributed by atoms with Crippen molar-refractivity contribution in [3.05, 3.63) is 92.3 Å². The first-order chi connectivity index (χ1) is 18.4. The van der Waals surface area contributed by atoms with Crippen LogP contribution in [0.1, 0.15) is 31.9 Å². The SMILES string of the molecule is CSc1nc(=O)n(-c2cncc3cccc(CNC(=O)OC(C)(C)C)c23)c(=O)n1Cc1cc(F)c(F)c(F)c1. The fraction of sp³-hybridized carbons (Fsp3) is 0.269. The van der Waals surface area contributed by atoms with Crippen molar-refractivity contribution in [1.82, 2.24) is 24.4 Å². The Labute approximate surface area is 224 Å². The summed E-state index contributed by atoms with van der Waals surface area (Å²) in [6, 6.07) is 6.70. The lowest BCUT2D eigenvalue weighted by Gasteiger charge is -2.20. The highest BCUT2D eigenvalue weighted by molar-refractivity contribution is 7.98. The molecule has 4 rings (SSSR count). The molecule has 39 heavy (non-hydrogen) atoms. The van der Waals surface area contributed by atoms with Gasteiger partial charge in [-0.25, -0.2) is 32.1 Å². The van der Waals surface area contributed by atoms with E-state index in [9.17, 15) is 27.6 Å². The van der Waals surface area contributed by atoms with E-state index in [1.165, 1.54) is 12.4 Å². The Morgan fingerprint density at radius 1 is 1.10 bits per heavy atom. The van der Waals surface area contributed by atoms with E-state index in [-0.39, 0.29) is 29.5 Å². The van der Waals surface area contributed by atoms with Crippen LogP contribution in [-0.2, 0) is 17.8 Å². The van der Waals surface area contributed by atoms with Gasteiger partial charge >= 0.3 is 17.5 Å². The zero-order valence-electron chi connectivity index (χ0n) is 21.4. The molecule has 0 bridgehead atoms. The van der Waals surface area contributed by atoms with E-state index >= 15 is 0 Å². The fourth-order valence-corrected chi connectivity index (χ4v) is 4.48. The molecular weight excluding hydrogens is 535 g/mol. The Morgan fingerprint density at radius 2 is 1.79 bits per heavy atom. The largest absolute Gasteiger partial charge is 0.444 e. The Hall–Kier alpha value is -4.13. The molecule has 0 saturated carbocycles. The molecule has 0 radical (unpaired) electrons. The van der Waals surface area contributed by atoms with Gasteiger partial charge in [0.1, 0.15) is 5.60 Å². The van der Waals surface area contributed by atoms with E-state index < -0.39 is 40.5 Å². The topological polar surface area (TPSA) is 108 Å². The van der Waals surface area contributed by atoms with Crippen molar-refractivity contribution in [3.63, 3.8) is 0 Å². The molecule has 13 heteroatoms.